The smallest absolute Gasteiger partial charge is 0.243 e. The number of benzene rings is 2. The molecule has 2 aromatic rings. The predicted molar refractivity (Wildman–Crippen MR) is 123 cm³/mol. The number of nitrogens with one attached hydrogen (secondary N) is 1. The largest absolute Gasteiger partial charge is 0.504 e. The van der Waals surface area contributed by atoms with Gasteiger partial charge in [0.2, 0.25) is 11.8 Å². The maximum atomic E-state index is 13.8. The Balaban J connectivity index is 1.51. The van der Waals surface area contributed by atoms with E-state index in [1.165, 1.54) is 17.7 Å². The van der Waals surface area contributed by atoms with E-state index in [0.717, 1.165) is 36.0 Å². The van der Waals surface area contributed by atoms with Crippen LogP contribution in [0, 0.1) is 5.41 Å². The van der Waals surface area contributed by atoms with Crippen LogP contribution < -0.4 is 11.1 Å². The topological polar surface area (TPSA) is 116 Å². The van der Waals surface area contributed by atoms with Crippen LogP contribution in [0.5, 0.6) is 11.5 Å². The number of hydrogen-bond acceptors (Lipinski definition) is 5. The highest BCUT2D eigenvalue weighted by Gasteiger charge is 2.55. The third-order valence-corrected chi connectivity index (χ3v) is 7.61. The third kappa shape index (κ3) is 3.55. The number of carbonyl (C=O) groups excluding carboxylic acids is 2. The zero-order valence-electron chi connectivity index (χ0n) is 19.0. The SMILES string of the molecule is CC1(C)C[C@@H]2c3cc(O)c(O)cc3C[C@H](N)C(=O)N2C1C(=O)N[C@@H]1CCCc2ccccc21. The first-order chi connectivity index (χ1) is 15.7. The van der Waals surface area contributed by atoms with Gasteiger partial charge in [0.1, 0.15) is 6.04 Å². The normalized spacial score (nSPS) is 27.8. The van der Waals surface area contributed by atoms with Crippen LogP contribution in [0.2, 0.25) is 0 Å². The Morgan fingerprint density at radius 1 is 1.12 bits per heavy atom. The second-order valence-electron chi connectivity index (χ2n) is 10.4. The van der Waals surface area contributed by atoms with Crippen molar-refractivity contribution in [2.75, 3.05) is 0 Å². The van der Waals surface area contributed by atoms with Gasteiger partial charge < -0.3 is 26.2 Å². The molecule has 7 nitrogen and oxygen atoms in total. The first-order valence-electron chi connectivity index (χ1n) is 11.7. The van der Waals surface area contributed by atoms with Crippen molar-refractivity contribution in [1.82, 2.24) is 10.2 Å². The van der Waals surface area contributed by atoms with Crippen LogP contribution in [0.3, 0.4) is 0 Å². The van der Waals surface area contributed by atoms with Crippen molar-refractivity contribution in [3.8, 4) is 11.5 Å². The molecular formula is C26H31N3O4. The summed E-state index contributed by atoms with van der Waals surface area (Å²) < 4.78 is 0. The number of carbonyl (C=O) groups is 2. The number of fused-ring (bicyclic) bond motifs is 4. The fourth-order valence-corrected chi connectivity index (χ4v) is 6.08. The minimum atomic E-state index is -0.822. The number of hydrogen-bond donors (Lipinski definition) is 4. The summed E-state index contributed by atoms with van der Waals surface area (Å²) >= 11 is 0. The summed E-state index contributed by atoms with van der Waals surface area (Å²) in [5, 5.41) is 23.4. The van der Waals surface area contributed by atoms with E-state index in [1.54, 1.807) is 4.90 Å². The van der Waals surface area contributed by atoms with E-state index in [0.29, 0.717) is 6.42 Å². The third-order valence-electron chi connectivity index (χ3n) is 7.61. The summed E-state index contributed by atoms with van der Waals surface area (Å²) in [6.45, 7) is 4.00. The Morgan fingerprint density at radius 3 is 2.64 bits per heavy atom. The average Bonchev–Trinajstić information content (AvgIpc) is 3.02. The van der Waals surface area contributed by atoms with E-state index in [4.69, 9.17) is 5.73 Å². The maximum Gasteiger partial charge on any atom is 0.243 e. The monoisotopic (exact) mass is 449 g/mol. The summed E-state index contributed by atoms with van der Waals surface area (Å²) in [6, 6.07) is 9.22. The van der Waals surface area contributed by atoms with Crippen LogP contribution in [-0.2, 0) is 22.4 Å². The maximum absolute atomic E-state index is 13.8. The molecule has 7 heteroatoms. The number of amides is 2. The summed E-state index contributed by atoms with van der Waals surface area (Å²) in [7, 11) is 0. The Hall–Kier alpha value is -3.06. The molecule has 0 spiro atoms. The van der Waals surface area contributed by atoms with Crippen LogP contribution in [-0.4, -0.2) is 39.0 Å². The molecule has 2 amide bonds. The van der Waals surface area contributed by atoms with Gasteiger partial charge in [-0.2, -0.15) is 0 Å². The number of phenols is 2. The molecule has 0 saturated carbocycles. The number of nitrogens with zero attached hydrogens (tertiary/aromatic N) is 1. The highest BCUT2D eigenvalue weighted by molar-refractivity contribution is 5.92. The van der Waals surface area contributed by atoms with E-state index in [1.807, 2.05) is 26.0 Å². The van der Waals surface area contributed by atoms with Crippen molar-refractivity contribution in [1.29, 1.82) is 0 Å². The van der Waals surface area contributed by atoms with E-state index in [2.05, 4.69) is 17.4 Å². The van der Waals surface area contributed by atoms with E-state index in [-0.39, 0.29) is 35.8 Å². The Morgan fingerprint density at radius 2 is 1.85 bits per heavy atom. The zero-order valence-corrected chi connectivity index (χ0v) is 19.0. The molecule has 5 rings (SSSR count). The highest BCUT2D eigenvalue weighted by Crippen LogP contribution is 2.51. The van der Waals surface area contributed by atoms with Crippen molar-refractivity contribution in [3.05, 3.63) is 58.7 Å². The summed E-state index contributed by atoms with van der Waals surface area (Å²) in [5.41, 5.74) is 9.66. The predicted octanol–water partition coefficient (Wildman–Crippen LogP) is 2.84. The molecular weight excluding hydrogens is 418 g/mol. The van der Waals surface area contributed by atoms with Gasteiger partial charge in [0.25, 0.3) is 0 Å². The van der Waals surface area contributed by atoms with Crippen molar-refractivity contribution in [2.45, 2.75) is 70.1 Å². The molecule has 0 bridgehead atoms. The molecule has 0 radical (unpaired) electrons. The van der Waals surface area contributed by atoms with Gasteiger partial charge in [-0.1, -0.05) is 38.1 Å². The minimum Gasteiger partial charge on any atom is -0.504 e. The van der Waals surface area contributed by atoms with Crippen molar-refractivity contribution in [3.63, 3.8) is 0 Å². The minimum absolute atomic E-state index is 0.0821. The molecule has 4 atom stereocenters. The zero-order chi connectivity index (χ0) is 23.5. The molecule has 1 aliphatic carbocycles. The molecule has 174 valence electrons. The average molecular weight is 450 g/mol. The second-order valence-corrected chi connectivity index (χ2v) is 10.4. The summed E-state index contributed by atoms with van der Waals surface area (Å²) in [4.78, 5) is 28.8. The summed E-state index contributed by atoms with van der Waals surface area (Å²) in [5.74, 6) is -0.911. The number of aryl methyl sites for hydroxylation is 1. The molecule has 33 heavy (non-hydrogen) atoms. The first-order valence-corrected chi connectivity index (χ1v) is 11.7. The Kier molecular flexibility index (Phi) is 5.12. The molecule has 3 aliphatic rings. The summed E-state index contributed by atoms with van der Waals surface area (Å²) in [6.07, 6.45) is 3.68. The van der Waals surface area contributed by atoms with E-state index in [9.17, 15) is 19.8 Å². The van der Waals surface area contributed by atoms with Crippen molar-refractivity contribution >= 4 is 11.8 Å². The number of phenolic OH excluding ortho intramolecular Hbond substituents is 2. The lowest BCUT2D eigenvalue weighted by Gasteiger charge is -2.35. The molecule has 2 heterocycles. The number of rotatable bonds is 2. The van der Waals surface area contributed by atoms with Gasteiger partial charge in [0.15, 0.2) is 11.5 Å². The lowest BCUT2D eigenvalue weighted by atomic mass is 9.81. The first kappa shape index (κ1) is 21.8. The van der Waals surface area contributed by atoms with Crippen LogP contribution >= 0.6 is 0 Å². The second kappa shape index (κ2) is 7.76. The molecule has 1 unspecified atom stereocenters. The molecule has 2 aliphatic heterocycles. The van der Waals surface area contributed by atoms with Gasteiger partial charge in [-0.05, 0) is 71.9 Å². The van der Waals surface area contributed by atoms with Crippen LogP contribution in [0.4, 0.5) is 0 Å². The lowest BCUT2D eigenvalue weighted by molar-refractivity contribution is -0.143. The Labute approximate surface area is 193 Å². The quantitative estimate of drug-likeness (QED) is 0.526. The molecule has 2 aromatic carbocycles. The van der Waals surface area contributed by atoms with E-state index < -0.39 is 23.5 Å². The van der Waals surface area contributed by atoms with Gasteiger partial charge in [-0.3, -0.25) is 9.59 Å². The van der Waals surface area contributed by atoms with E-state index >= 15 is 0 Å². The fraction of sp³-hybridized carbons (Fsp3) is 0.462. The lowest BCUT2D eigenvalue weighted by Crippen LogP contribution is -2.55. The fourth-order valence-electron chi connectivity index (χ4n) is 6.08. The highest BCUT2D eigenvalue weighted by atomic mass is 16.3. The van der Waals surface area contributed by atoms with Gasteiger partial charge in [0.05, 0.1) is 18.1 Å². The number of nitrogens with two attached hydrogens (primary N) is 1. The molecule has 1 fully saturated rings. The van der Waals surface area contributed by atoms with Gasteiger partial charge in [-0.15, -0.1) is 0 Å². The Bertz CT molecular complexity index is 1130. The standard InChI is InChI=1S/C26H31N3O4/c1-26(2)13-20-17-12-22(31)21(30)11-15(17)10-18(27)25(33)29(20)23(26)24(32)28-19-9-5-7-14-6-3-4-8-16(14)19/h3-4,6,8,11-12,18-20,23,30-31H,5,7,9-10,13,27H2,1-2H3,(H,28,32)/t18-,19+,20+,23?/m0/s1. The van der Waals surface area contributed by atoms with Crippen LogP contribution in [0.25, 0.3) is 0 Å². The van der Waals surface area contributed by atoms with Crippen molar-refractivity contribution in [2.24, 2.45) is 11.1 Å². The van der Waals surface area contributed by atoms with Gasteiger partial charge >= 0.3 is 0 Å². The van der Waals surface area contributed by atoms with Crippen LogP contribution in [0.15, 0.2) is 36.4 Å². The van der Waals surface area contributed by atoms with Crippen LogP contribution in [0.1, 0.15) is 67.4 Å². The molecule has 0 aromatic heterocycles. The molecule has 5 N–H and O–H groups in total. The number of aromatic hydroxyl groups is 2. The van der Waals surface area contributed by atoms with Gasteiger partial charge in [0, 0.05) is 0 Å². The van der Waals surface area contributed by atoms with Gasteiger partial charge in [-0.25, -0.2) is 0 Å². The van der Waals surface area contributed by atoms with Crippen molar-refractivity contribution < 1.29 is 19.8 Å². The molecule has 1 saturated heterocycles.